The van der Waals surface area contributed by atoms with Crippen LogP contribution in [0, 0.1) is 0 Å². The average molecular weight is 269 g/mol. The molecule has 0 spiro atoms. The molecule has 1 amide bonds. The Labute approximate surface area is 112 Å². The fourth-order valence-electron chi connectivity index (χ4n) is 1.93. The standard InChI is InChI=1S/C13H17ClN2O2/c1-18-5-4-16(12-2-3-12)13(17)9-6-10(14)8-11(15)7-9/h6-8,12H,2-5,15H2,1H3. The molecule has 0 bridgehead atoms. The number of amides is 1. The number of carbonyl (C=O) groups is 1. The second-order valence-electron chi connectivity index (χ2n) is 4.50. The molecule has 1 aliphatic carbocycles. The molecule has 0 atom stereocenters. The SMILES string of the molecule is COCCN(C(=O)c1cc(N)cc(Cl)c1)C1CC1. The number of hydrogen-bond donors (Lipinski definition) is 1. The van der Waals surface area contributed by atoms with E-state index in [0.29, 0.717) is 35.5 Å². The maximum atomic E-state index is 12.4. The summed E-state index contributed by atoms with van der Waals surface area (Å²) in [6.07, 6.45) is 2.12. The van der Waals surface area contributed by atoms with Crippen LogP contribution in [0.1, 0.15) is 23.2 Å². The smallest absolute Gasteiger partial charge is 0.254 e. The molecule has 1 fully saturated rings. The van der Waals surface area contributed by atoms with Gasteiger partial charge in [-0.2, -0.15) is 0 Å². The van der Waals surface area contributed by atoms with Gasteiger partial charge in [0, 0.05) is 36.0 Å². The van der Waals surface area contributed by atoms with E-state index in [1.807, 2.05) is 4.90 Å². The minimum absolute atomic E-state index is 0.0243. The van der Waals surface area contributed by atoms with Crippen molar-refractivity contribution >= 4 is 23.2 Å². The van der Waals surface area contributed by atoms with Crippen molar-refractivity contribution in [1.82, 2.24) is 4.90 Å². The Morgan fingerprint density at radius 3 is 2.78 bits per heavy atom. The Balaban J connectivity index is 2.16. The first-order valence-corrected chi connectivity index (χ1v) is 6.35. The second kappa shape index (κ2) is 5.59. The first kappa shape index (κ1) is 13.2. The predicted molar refractivity (Wildman–Crippen MR) is 71.8 cm³/mol. The van der Waals surface area contributed by atoms with Crippen LogP contribution in [-0.4, -0.2) is 37.1 Å². The molecule has 1 aromatic carbocycles. The van der Waals surface area contributed by atoms with Crippen molar-refractivity contribution in [3.63, 3.8) is 0 Å². The molecule has 2 N–H and O–H groups in total. The Hall–Kier alpha value is -1.26. The van der Waals surface area contributed by atoms with Crippen molar-refractivity contribution in [2.24, 2.45) is 0 Å². The molecular weight excluding hydrogens is 252 g/mol. The van der Waals surface area contributed by atoms with E-state index in [0.717, 1.165) is 12.8 Å². The Morgan fingerprint density at radius 2 is 2.22 bits per heavy atom. The maximum Gasteiger partial charge on any atom is 0.254 e. The first-order valence-electron chi connectivity index (χ1n) is 5.98. The summed E-state index contributed by atoms with van der Waals surface area (Å²) in [6, 6.07) is 5.29. The number of anilines is 1. The van der Waals surface area contributed by atoms with Crippen molar-refractivity contribution in [2.45, 2.75) is 18.9 Å². The molecule has 18 heavy (non-hydrogen) atoms. The number of rotatable bonds is 5. The van der Waals surface area contributed by atoms with Gasteiger partial charge in [-0.15, -0.1) is 0 Å². The number of ether oxygens (including phenoxy) is 1. The molecule has 0 radical (unpaired) electrons. The predicted octanol–water partition coefficient (Wildman–Crippen LogP) is 2.17. The normalized spacial score (nSPS) is 14.6. The van der Waals surface area contributed by atoms with E-state index < -0.39 is 0 Å². The van der Waals surface area contributed by atoms with E-state index in [-0.39, 0.29) is 5.91 Å². The number of nitrogen functional groups attached to an aromatic ring is 1. The van der Waals surface area contributed by atoms with E-state index in [2.05, 4.69) is 0 Å². The van der Waals surface area contributed by atoms with Crippen molar-refractivity contribution in [2.75, 3.05) is 26.0 Å². The maximum absolute atomic E-state index is 12.4. The van der Waals surface area contributed by atoms with Gasteiger partial charge in [0.25, 0.3) is 5.91 Å². The van der Waals surface area contributed by atoms with E-state index >= 15 is 0 Å². The lowest BCUT2D eigenvalue weighted by atomic mass is 10.1. The zero-order valence-corrected chi connectivity index (χ0v) is 11.1. The van der Waals surface area contributed by atoms with Crippen LogP contribution in [0.15, 0.2) is 18.2 Å². The summed E-state index contributed by atoms with van der Waals surface area (Å²) in [7, 11) is 1.63. The van der Waals surface area contributed by atoms with Gasteiger partial charge in [-0.1, -0.05) is 11.6 Å². The number of nitrogens with zero attached hydrogens (tertiary/aromatic N) is 1. The molecule has 0 saturated heterocycles. The molecule has 1 aromatic rings. The second-order valence-corrected chi connectivity index (χ2v) is 4.93. The summed E-state index contributed by atoms with van der Waals surface area (Å²) in [6.45, 7) is 1.14. The summed E-state index contributed by atoms with van der Waals surface area (Å²) in [5, 5.41) is 0.487. The fourth-order valence-corrected chi connectivity index (χ4v) is 2.17. The number of methoxy groups -OCH3 is 1. The van der Waals surface area contributed by atoms with Crippen LogP contribution in [0.4, 0.5) is 5.69 Å². The number of nitrogens with two attached hydrogens (primary N) is 1. The molecule has 2 rings (SSSR count). The summed E-state index contributed by atoms with van der Waals surface area (Å²) < 4.78 is 5.04. The lowest BCUT2D eigenvalue weighted by Crippen LogP contribution is -2.35. The highest BCUT2D eigenvalue weighted by molar-refractivity contribution is 6.31. The van der Waals surface area contributed by atoms with Crippen LogP contribution in [-0.2, 0) is 4.74 Å². The van der Waals surface area contributed by atoms with Gasteiger partial charge in [0.15, 0.2) is 0 Å². The van der Waals surface area contributed by atoms with Gasteiger partial charge in [-0.3, -0.25) is 4.79 Å². The highest BCUT2D eigenvalue weighted by Crippen LogP contribution is 2.29. The summed E-state index contributed by atoms with van der Waals surface area (Å²) in [5.41, 5.74) is 6.76. The number of hydrogen-bond acceptors (Lipinski definition) is 3. The number of halogens is 1. The van der Waals surface area contributed by atoms with Gasteiger partial charge < -0.3 is 15.4 Å². The van der Waals surface area contributed by atoms with E-state index in [9.17, 15) is 4.79 Å². The van der Waals surface area contributed by atoms with Gasteiger partial charge >= 0.3 is 0 Å². The Morgan fingerprint density at radius 1 is 1.50 bits per heavy atom. The largest absolute Gasteiger partial charge is 0.399 e. The summed E-state index contributed by atoms with van der Waals surface area (Å²) in [5.74, 6) is -0.0243. The first-order chi connectivity index (χ1) is 8.61. The van der Waals surface area contributed by atoms with E-state index in [4.69, 9.17) is 22.1 Å². The highest BCUT2D eigenvalue weighted by Gasteiger charge is 2.32. The zero-order chi connectivity index (χ0) is 13.1. The third-order valence-electron chi connectivity index (χ3n) is 2.95. The van der Waals surface area contributed by atoms with Crippen LogP contribution in [0.3, 0.4) is 0 Å². The van der Waals surface area contributed by atoms with Crippen LogP contribution in [0.5, 0.6) is 0 Å². The molecular formula is C13H17ClN2O2. The van der Waals surface area contributed by atoms with Crippen molar-refractivity contribution in [3.05, 3.63) is 28.8 Å². The third kappa shape index (κ3) is 3.15. The molecule has 1 saturated carbocycles. The highest BCUT2D eigenvalue weighted by atomic mass is 35.5. The lowest BCUT2D eigenvalue weighted by molar-refractivity contribution is 0.0680. The van der Waals surface area contributed by atoms with E-state index in [1.165, 1.54) is 0 Å². The van der Waals surface area contributed by atoms with Crippen molar-refractivity contribution < 1.29 is 9.53 Å². The Kier molecular flexibility index (Phi) is 4.09. The fraction of sp³-hybridized carbons (Fsp3) is 0.462. The van der Waals surface area contributed by atoms with Gasteiger partial charge in [0.1, 0.15) is 0 Å². The molecule has 4 nitrogen and oxygen atoms in total. The summed E-state index contributed by atoms with van der Waals surface area (Å²) >= 11 is 5.92. The lowest BCUT2D eigenvalue weighted by Gasteiger charge is -2.22. The monoisotopic (exact) mass is 268 g/mol. The molecule has 1 aliphatic rings. The van der Waals surface area contributed by atoms with Crippen LogP contribution >= 0.6 is 11.6 Å². The van der Waals surface area contributed by atoms with Crippen LogP contribution in [0.2, 0.25) is 5.02 Å². The average Bonchev–Trinajstić information content (AvgIpc) is 3.12. The van der Waals surface area contributed by atoms with Gasteiger partial charge in [-0.05, 0) is 31.0 Å². The third-order valence-corrected chi connectivity index (χ3v) is 3.17. The molecule has 0 aliphatic heterocycles. The number of benzene rings is 1. The van der Waals surface area contributed by atoms with Crippen molar-refractivity contribution in [1.29, 1.82) is 0 Å². The quantitative estimate of drug-likeness (QED) is 0.833. The minimum Gasteiger partial charge on any atom is -0.399 e. The van der Waals surface area contributed by atoms with Crippen molar-refractivity contribution in [3.8, 4) is 0 Å². The minimum atomic E-state index is -0.0243. The molecule has 98 valence electrons. The number of carbonyl (C=O) groups excluding carboxylic acids is 1. The zero-order valence-electron chi connectivity index (χ0n) is 10.4. The summed E-state index contributed by atoms with van der Waals surface area (Å²) in [4.78, 5) is 14.2. The Bertz CT molecular complexity index is 426. The molecule has 0 aromatic heterocycles. The van der Waals surface area contributed by atoms with Gasteiger partial charge in [0.05, 0.1) is 6.61 Å². The van der Waals surface area contributed by atoms with Gasteiger partial charge in [0.2, 0.25) is 0 Å². The van der Waals surface area contributed by atoms with Crippen LogP contribution in [0.25, 0.3) is 0 Å². The molecule has 0 unspecified atom stereocenters. The molecule has 5 heteroatoms. The topological polar surface area (TPSA) is 55.6 Å². The van der Waals surface area contributed by atoms with E-state index in [1.54, 1.807) is 25.3 Å². The van der Waals surface area contributed by atoms with Gasteiger partial charge in [-0.25, -0.2) is 0 Å². The van der Waals surface area contributed by atoms with Crippen LogP contribution < -0.4 is 5.73 Å². The molecule has 0 heterocycles.